The highest BCUT2D eigenvalue weighted by molar-refractivity contribution is 9.10. The van der Waals surface area contributed by atoms with Gasteiger partial charge >= 0.3 is 0 Å². The molecule has 0 aliphatic rings. The molecule has 2 N–H and O–H groups in total. The van der Waals surface area contributed by atoms with Crippen LogP contribution in [0.25, 0.3) is 0 Å². The van der Waals surface area contributed by atoms with Gasteiger partial charge in [-0.3, -0.25) is 10.1 Å². The van der Waals surface area contributed by atoms with E-state index in [4.69, 9.17) is 22.2 Å². The molecule has 0 radical (unpaired) electrons. The van der Waals surface area contributed by atoms with Gasteiger partial charge in [-0.15, -0.1) is 0 Å². The zero-order chi connectivity index (χ0) is 21.3. The number of nitriles is 1. The second-order valence-corrected chi connectivity index (χ2v) is 7.65. The largest absolute Gasteiger partial charge is 0.492 e. The van der Waals surface area contributed by atoms with Crippen molar-refractivity contribution in [3.63, 3.8) is 0 Å². The van der Waals surface area contributed by atoms with Crippen LogP contribution in [0.5, 0.6) is 5.75 Å². The first-order chi connectivity index (χ1) is 14.5. The molecule has 0 aromatic heterocycles. The molecule has 0 heterocycles. The molecule has 3 rings (SSSR count). The average Bonchev–Trinajstić information content (AvgIpc) is 2.76. The highest BCUT2D eigenvalue weighted by Gasteiger charge is 2.15. The van der Waals surface area contributed by atoms with E-state index in [1.165, 1.54) is 0 Å². The van der Waals surface area contributed by atoms with Crippen LogP contribution >= 0.6 is 28.1 Å². The number of nitrogens with zero attached hydrogens (tertiary/aromatic N) is 1. The first-order valence-corrected chi connectivity index (χ1v) is 10.3. The van der Waals surface area contributed by atoms with Gasteiger partial charge in [-0.25, -0.2) is 0 Å². The van der Waals surface area contributed by atoms with Crippen LogP contribution in [0.3, 0.4) is 0 Å². The lowest BCUT2D eigenvalue weighted by molar-refractivity contribution is 0.0973. The first-order valence-electron chi connectivity index (χ1n) is 9.14. The Morgan fingerprint density at radius 3 is 2.50 bits per heavy atom. The standard InChI is InChI=1S/C23H18BrN3O2S/c24-18-8-11-21(29-13-12-16-4-2-1-3-5-16)20(14-18)22(28)27-23(30)26-19-9-6-17(15-25)7-10-19/h1-11,14H,12-13H2,(H2,26,27,28,30). The van der Waals surface area contributed by atoms with E-state index >= 15 is 0 Å². The Bertz CT molecular complexity index is 1080. The smallest absolute Gasteiger partial charge is 0.261 e. The normalized spacial score (nSPS) is 10.0. The van der Waals surface area contributed by atoms with Gasteiger partial charge in [-0.1, -0.05) is 46.3 Å². The number of rotatable bonds is 6. The van der Waals surface area contributed by atoms with Crippen LogP contribution in [0.4, 0.5) is 5.69 Å². The summed E-state index contributed by atoms with van der Waals surface area (Å²) in [6, 6.07) is 24.1. The van der Waals surface area contributed by atoms with Crippen molar-refractivity contribution in [2.45, 2.75) is 6.42 Å². The van der Waals surface area contributed by atoms with Gasteiger partial charge in [-0.2, -0.15) is 5.26 Å². The number of nitrogens with one attached hydrogen (secondary N) is 2. The third-order valence-electron chi connectivity index (χ3n) is 4.18. The molecule has 3 aromatic carbocycles. The Morgan fingerprint density at radius 2 is 1.80 bits per heavy atom. The van der Waals surface area contributed by atoms with Crippen molar-refractivity contribution in [3.8, 4) is 11.8 Å². The van der Waals surface area contributed by atoms with Crippen molar-refractivity contribution in [2.75, 3.05) is 11.9 Å². The van der Waals surface area contributed by atoms with E-state index in [1.54, 1.807) is 36.4 Å². The van der Waals surface area contributed by atoms with Crippen molar-refractivity contribution < 1.29 is 9.53 Å². The molecule has 0 saturated carbocycles. The number of hydrogen-bond acceptors (Lipinski definition) is 4. The SMILES string of the molecule is N#Cc1ccc(NC(=S)NC(=O)c2cc(Br)ccc2OCCc2ccccc2)cc1. The zero-order valence-electron chi connectivity index (χ0n) is 15.9. The molecule has 0 spiro atoms. The molecule has 0 fully saturated rings. The van der Waals surface area contributed by atoms with Gasteiger partial charge < -0.3 is 10.1 Å². The lowest BCUT2D eigenvalue weighted by Gasteiger charge is -2.14. The molecule has 3 aromatic rings. The minimum atomic E-state index is -0.378. The van der Waals surface area contributed by atoms with E-state index in [1.807, 2.05) is 36.4 Å². The second-order valence-electron chi connectivity index (χ2n) is 6.32. The highest BCUT2D eigenvalue weighted by atomic mass is 79.9. The fourth-order valence-electron chi connectivity index (χ4n) is 2.69. The number of benzene rings is 3. The summed E-state index contributed by atoms with van der Waals surface area (Å²) < 4.78 is 6.62. The van der Waals surface area contributed by atoms with Gasteiger partial charge in [0, 0.05) is 16.6 Å². The number of halogens is 1. The van der Waals surface area contributed by atoms with E-state index in [0.29, 0.717) is 29.2 Å². The Morgan fingerprint density at radius 1 is 1.07 bits per heavy atom. The number of thiocarbonyl (C=S) groups is 1. The summed E-state index contributed by atoms with van der Waals surface area (Å²) in [4.78, 5) is 12.8. The summed E-state index contributed by atoms with van der Waals surface area (Å²) >= 11 is 8.63. The third kappa shape index (κ3) is 6.14. The van der Waals surface area contributed by atoms with Crippen molar-refractivity contribution in [2.24, 2.45) is 0 Å². The maximum absolute atomic E-state index is 12.8. The number of anilines is 1. The Hall–Kier alpha value is -3.21. The Balaban J connectivity index is 1.63. The van der Waals surface area contributed by atoms with Gasteiger partial charge in [0.25, 0.3) is 5.91 Å². The summed E-state index contributed by atoms with van der Waals surface area (Å²) in [5, 5.41) is 14.6. The number of ether oxygens (including phenoxy) is 1. The van der Waals surface area contributed by atoms with Gasteiger partial charge in [0.1, 0.15) is 5.75 Å². The highest BCUT2D eigenvalue weighted by Crippen LogP contribution is 2.23. The van der Waals surface area contributed by atoms with E-state index in [2.05, 4.69) is 32.6 Å². The van der Waals surface area contributed by atoms with Crippen molar-refractivity contribution in [1.82, 2.24) is 5.32 Å². The fourth-order valence-corrected chi connectivity index (χ4v) is 3.26. The lowest BCUT2D eigenvalue weighted by atomic mass is 10.1. The number of carbonyl (C=O) groups excluding carboxylic acids is 1. The van der Waals surface area contributed by atoms with Crippen molar-refractivity contribution >= 4 is 44.9 Å². The minimum absolute atomic E-state index is 0.153. The predicted molar refractivity (Wildman–Crippen MR) is 125 cm³/mol. The summed E-state index contributed by atoms with van der Waals surface area (Å²) in [5.41, 5.74) is 2.75. The number of hydrogen-bond donors (Lipinski definition) is 2. The maximum Gasteiger partial charge on any atom is 0.261 e. The first kappa shape index (κ1) is 21.5. The van der Waals surface area contributed by atoms with Gasteiger partial charge in [0.2, 0.25) is 0 Å². The van der Waals surface area contributed by atoms with Gasteiger partial charge in [-0.05, 0) is 60.2 Å². The van der Waals surface area contributed by atoms with Crippen LogP contribution in [0.15, 0.2) is 77.3 Å². The van der Waals surface area contributed by atoms with Crippen LogP contribution in [0.2, 0.25) is 0 Å². The van der Waals surface area contributed by atoms with Gasteiger partial charge in [0.15, 0.2) is 5.11 Å². The topological polar surface area (TPSA) is 74.2 Å². The Kier molecular flexibility index (Phi) is 7.55. The monoisotopic (exact) mass is 479 g/mol. The zero-order valence-corrected chi connectivity index (χ0v) is 18.3. The van der Waals surface area contributed by atoms with E-state index in [0.717, 1.165) is 16.5 Å². The number of carbonyl (C=O) groups is 1. The summed E-state index contributed by atoms with van der Waals surface area (Å²) in [7, 11) is 0. The molecule has 0 aliphatic carbocycles. The average molecular weight is 480 g/mol. The minimum Gasteiger partial charge on any atom is -0.492 e. The molecule has 0 bridgehead atoms. The van der Waals surface area contributed by atoms with E-state index in [9.17, 15) is 4.79 Å². The van der Waals surface area contributed by atoms with Crippen molar-refractivity contribution in [1.29, 1.82) is 5.26 Å². The predicted octanol–water partition coefficient (Wildman–Crippen LogP) is 5.07. The summed E-state index contributed by atoms with van der Waals surface area (Å²) in [5.74, 6) is 0.102. The lowest BCUT2D eigenvalue weighted by Crippen LogP contribution is -2.34. The molecule has 1 amide bonds. The molecular weight excluding hydrogens is 462 g/mol. The van der Waals surface area contributed by atoms with Gasteiger partial charge in [0.05, 0.1) is 23.8 Å². The maximum atomic E-state index is 12.8. The Labute approximate surface area is 188 Å². The quantitative estimate of drug-likeness (QED) is 0.482. The molecule has 0 saturated heterocycles. The van der Waals surface area contributed by atoms with Crippen molar-refractivity contribution in [3.05, 3.63) is 94.0 Å². The molecule has 7 heteroatoms. The number of amides is 1. The van der Waals surface area contributed by atoms with Crippen LogP contribution in [-0.4, -0.2) is 17.6 Å². The second kappa shape index (κ2) is 10.5. The van der Waals surface area contributed by atoms with E-state index < -0.39 is 0 Å². The molecule has 150 valence electrons. The molecular formula is C23H18BrN3O2S. The molecule has 0 aliphatic heterocycles. The van der Waals surface area contributed by atoms with Crippen LogP contribution < -0.4 is 15.4 Å². The molecule has 0 atom stereocenters. The fraction of sp³-hybridized carbons (Fsp3) is 0.0870. The summed E-state index contributed by atoms with van der Waals surface area (Å²) in [6.07, 6.45) is 0.733. The summed E-state index contributed by atoms with van der Waals surface area (Å²) in [6.45, 7) is 0.444. The van der Waals surface area contributed by atoms with Crippen LogP contribution in [0.1, 0.15) is 21.5 Å². The van der Waals surface area contributed by atoms with Crippen LogP contribution in [-0.2, 0) is 6.42 Å². The molecule has 0 unspecified atom stereocenters. The molecule has 5 nitrogen and oxygen atoms in total. The van der Waals surface area contributed by atoms with Crippen LogP contribution in [0, 0.1) is 11.3 Å². The van der Waals surface area contributed by atoms with E-state index in [-0.39, 0.29) is 11.0 Å². The third-order valence-corrected chi connectivity index (χ3v) is 4.87. The molecule has 30 heavy (non-hydrogen) atoms.